The minimum absolute atomic E-state index is 0.0518. The van der Waals surface area contributed by atoms with Crippen LogP contribution in [0.1, 0.15) is 93.1 Å². The fourth-order valence-electron chi connectivity index (χ4n) is 5.66. The Morgan fingerprint density at radius 1 is 1.13 bits per heavy atom. The third kappa shape index (κ3) is 8.87. The van der Waals surface area contributed by atoms with Crippen LogP contribution in [0.25, 0.3) is 16.9 Å². The summed E-state index contributed by atoms with van der Waals surface area (Å²) in [5, 5.41) is 14.2. The van der Waals surface area contributed by atoms with Crippen LogP contribution < -0.4 is 11.1 Å². The normalized spacial score (nSPS) is 16.2. The highest BCUT2D eigenvalue weighted by atomic mass is 35.5. The Labute approximate surface area is 315 Å². The lowest BCUT2D eigenvalue weighted by atomic mass is 9.92. The third-order valence-electron chi connectivity index (χ3n) is 9.15. The van der Waals surface area contributed by atoms with Crippen LogP contribution >= 0.6 is 11.6 Å². The molecule has 2 heterocycles. The molecule has 3 N–H and O–H groups in total. The van der Waals surface area contributed by atoms with E-state index < -0.39 is 60.4 Å². The van der Waals surface area contributed by atoms with Crippen molar-refractivity contribution in [3.63, 3.8) is 0 Å². The van der Waals surface area contributed by atoms with Crippen molar-refractivity contribution >= 4 is 29.6 Å². The Hall–Kier alpha value is -5.20. The summed E-state index contributed by atoms with van der Waals surface area (Å²) in [4.78, 5) is 37.8. The first-order chi connectivity index (χ1) is 25.9. The van der Waals surface area contributed by atoms with Gasteiger partial charge in [0, 0.05) is 17.7 Å². The first-order valence-corrected chi connectivity index (χ1v) is 17.6. The van der Waals surface area contributed by atoms with E-state index >= 15 is 4.39 Å². The number of carbonyl (C=O) groups excluding carboxylic acids is 2. The number of benzene rings is 2. The Morgan fingerprint density at radius 3 is 2.47 bits per heavy atom. The lowest BCUT2D eigenvalue weighted by molar-refractivity contribution is -0.164. The van der Waals surface area contributed by atoms with Crippen molar-refractivity contribution < 1.29 is 40.7 Å². The number of alkyl halides is 5. The topological polar surface area (TPSA) is 158 Å². The average molecular weight is 795 g/mol. The molecule has 2 amide bonds. The van der Waals surface area contributed by atoms with E-state index in [1.165, 1.54) is 41.3 Å². The molecular formula is C35H37ClF6N10O3. The van der Waals surface area contributed by atoms with Crippen LogP contribution in [0.3, 0.4) is 0 Å². The van der Waals surface area contributed by atoms with Gasteiger partial charge in [-0.2, -0.15) is 33.3 Å². The number of nitrogens with one attached hydrogen (secondary N) is 1. The van der Waals surface area contributed by atoms with Gasteiger partial charge in [0.25, 0.3) is 12.3 Å². The number of halogens is 7. The van der Waals surface area contributed by atoms with Crippen molar-refractivity contribution in [2.45, 2.75) is 83.1 Å². The molecule has 2 aromatic heterocycles. The first kappa shape index (κ1) is 39.5. The fourth-order valence-corrected chi connectivity index (χ4v) is 5.85. The van der Waals surface area contributed by atoms with Crippen LogP contribution in [0, 0.1) is 11.2 Å². The summed E-state index contributed by atoms with van der Waals surface area (Å²) < 4.78 is 90.7. The first-order valence-electron chi connectivity index (χ1n) is 17.2. The predicted molar refractivity (Wildman–Crippen MR) is 187 cm³/mol. The van der Waals surface area contributed by atoms with E-state index in [-0.39, 0.29) is 63.9 Å². The van der Waals surface area contributed by atoms with Gasteiger partial charge in [-0.05, 0) is 73.4 Å². The van der Waals surface area contributed by atoms with Crippen LogP contribution in [0.4, 0.5) is 31.1 Å². The van der Waals surface area contributed by atoms with Gasteiger partial charge in [-0.1, -0.05) is 38.4 Å². The van der Waals surface area contributed by atoms with Gasteiger partial charge in [0.15, 0.2) is 11.8 Å². The molecule has 20 heteroatoms. The monoisotopic (exact) mass is 794 g/mol. The molecule has 2 saturated carbocycles. The maximum Gasteiger partial charge on any atom is 0.411 e. The number of guanidine groups is 1. The maximum atomic E-state index is 15.7. The van der Waals surface area contributed by atoms with Crippen LogP contribution in [0.5, 0.6) is 0 Å². The molecule has 0 bridgehead atoms. The number of ether oxygens (including phenoxy) is 1. The highest BCUT2D eigenvalue weighted by Gasteiger charge is 2.64. The van der Waals surface area contributed by atoms with Gasteiger partial charge in [-0.25, -0.2) is 27.6 Å². The summed E-state index contributed by atoms with van der Waals surface area (Å²) in [5.41, 5.74) is 3.79. The number of rotatable bonds is 12. The summed E-state index contributed by atoms with van der Waals surface area (Å²) in [5.74, 6) is -2.96. The maximum absolute atomic E-state index is 15.7. The number of nitrogens with two attached hydrogens (primary N) is 1. The van der Waals surface area contributed by atoms with Gasteiger partial charge in [-0.3, -0.25) is 14.7 Å². The molecule has 2 aliphatic carbocycles. The second-order valence-corrected chi connectivity index (χ2v) is 15.0. The van der Waals surface area contributed by atoms with Gasteiger partial charge in [0.2, 0.25) is 0 Å². The summed E-state index contributed by atoms with van der Waals surface area (Å²) in [6.07, 6.45) is -5.44. The third-order valence-corrected chi connectivity index (χ3v) is 9.47. The number of alkyl carbamates (subject to hydrolysis) is 1. The number of nitrogens with zero attached hydrogens (tertiary/aromatic N) is 8. The van der Waals surface area contributed by atoms with Crippen LogP contribution in [-0.4, -0.2) is 77.5 Å². The van der Waals surface area contributed by atoms with E-state index in [0.717, 1.165) is 34.8 Å². The molecule has 1 atom stereocenters. The van der Waals surface area contributed by atoms with E-state index in [2.05, 4.69) is 25.3 Å². The molecule has 0 spiro atoms. The molecular weight excluding hydrogens is 758 g/mol. The van der Waals surface area contributed by atoms with E-state index in [1.807, 2.05) is 26.1 Å². The summed E-state index contributed by atoms with van der Waals surface area (Å²) in [6, 6.07) is 6.15. The number of hydrogen-bond acceptors (Lipinski definition) is 8. The Balaban J connectivity index is 1.41. The molecule has 0 saturated heterocycles. The molecule has 0 radical (unpaired) electrons. The lowest BCUT2D eigenvalue weighted by Crippen LogP contribution is -2.49. The summed E-state index contributed by atoms with van der Waals surface area (Å²) in [6.45, 7) is 5.13. The van der Waals surface area contributed by atoms with Gasteiger partial charge in [0.1, 0.15) is 30.0 Å². The molecule has 2 aliphatic rings. The Morgan fingerprint density at radius 2 is 1.85 bits per heavy atom. The molecule has 2 fully saturated rings. The number of aliphatic imine (C=N–C) groups is 1. The zero-order chi connectivity index (χ0) is 39.9. The molecule has 0 unspecified atom stereocenters. The quantitative estimate of drug-likeness (QED) is 0.0857. The average Bonchev–Trinajstić information content (AvgIpc) is 4.00. The molecule has 6 rings (SSSR count). The molecule has 13 nitrogen and oxygen atoms in total. The van der Waals surface area contributed by atoms with Crippen molar-refractivity contribution in [1.82, 2.24) is 40.0 Å². The van der Waals surface area contributed by atoms with Gasteiger partial charge < -0.3 is 15.8 Å². The van der Waals surface area contributed by atoms with E-state index in [4.69, 9.17) is 22.1 Å². The number of carbonyl (C=O) groups is 2. The minimum atomic E-state index is -4.76. The van der Waals surface area contributed by atoms with Crippen LogP contribution in [0.15, 0.2) is 53.9 Å². The second kappa shape index (κ2) is 15.1. The second-order valence-electron chi connectivity index (χ2n) is 14.6. The van der Waals surface area contributed by atoms with Gasteiger partial charge in [0.05, 0.1) is 29.0 Å². The van der Waals surface area contributed by atoms with Crippen molar-refractivity contribution in [3.8, 4) is 16.9 Å². The highest BCUT2D eigenvalue weighted by Crippen LogP contribution is 2.49. The number of hydrogen-bond donors (Lipinski definition) is 2. The highest BCUT2D eigenvalue weighted by molar-refractivity contribution is 6.32. The fraction of sp³-hybridized carbons (Fsp3) is 0.457. The van der Waals surface area contributed by atoms with E-state index in [9.17, 15) is 31.5 Å². The molecule has 0 aliphatic heterocycles. The SMILES string of the molecule is CC(C)(C)CCN=C(N)N(C(=O)c1ccc(-c2cnn(C3CC3)n2)c(F)c1)[C@H](COC(=O)NC1(C(F)(F)F)CC1)c1ccc(Cl)c(-n2ncnc2C(F)F)c1. The summed E-state index contributed by atoms with van der Waals surface area (Å²) >= 11 is 6.42. The van der Waals surface area contributed by atoms with Crippen molar-refractivity contribution in [1.29, 1.82) is 0 Å². The van der Waals surface area contributed by atoms with Crippen LogP contribution in [-0.2, 0) is 4.74 Å². The molecule has 4 aromatic rings. The minimum Gasteiger partial charge on any atom is -0.447 e. The lowest BCUT2D eigenvalue weighted by Gasteiger charge is -2.32. The standard InChI is InChI=1S/C35H37ClF6N10O3/c1-33(2,3)12-13-44-31(43)50(30(53)20-4-8-22(24(37)14-20)25-16-46-52(49-25)21-6-7-21)27(17-55-32(54)48-34(10-11-34)35(40,41)42)19-5-9-23(36)26(15-19)51-29(28(38)39)45-18-47-51/h4-5,8-9,14-16,18,21,27-28H,6-7,10-13,17H2,1-3H3,(H2,43,44)(H,48,54)/t27-/m1/s1. The van der Waals surface area contributed by atoms with Crippen molar-refractivity contribution in [3.05, 3.63) is 76.7 Å². The number of amides is 2. The van der Waals surface area contributed by atoms with Crippen LogP contribution in [0.2, 0.25) is 5.02 Å². The number of aromatic nitrogens is 6. The zero-order valence-electron chi connectivity index (χ0n) is 29.8. The Kier molecular flexibility index (Phi) is 10.9. The summed E-state index contributed by atoms with van der Waals surface area (Å²) in [7, 11) is 0. The Bertz CT molecular complexity index is 2090. The zero-order valence-corrected chi connectivity index (χ0v) is 30.6. The van der Waals surface area contributed by atoms with Gasteiger partial charge in [-0.15, -0.1) is 0 Å². The van der Waals surface area contributed by atoms with Crippen molar-refractivity contribution in [2.24, 2.45) is 16.1 Å². The molecule has 55 heavy (non-hydrogen) atoms. The van der Waals surface area contributed by atoms with E-state index in [0.29, 0.717) is 6.42 Å². The largest absolute Gasteiger partial charge is 0.447 e. The van der Waals surface area contributed by atoms with Crippen molar-refractivity contribution in [2.75, 3.05) is 13.2 Å². The molecule has 2 aromatic carbocycles. The molecule has 294 valence electrons. The van der Waals surface area contributed by atoms with Gasteiger partial charge >= 0.3 is 12.3 Å². The predicted octanol–water partition coefficient (Wildman–Crippen LogP) is 7.35. The smallest absolute Gasteiger partial charge is 0.411 e. The van der Waals surface area contributed by atoms with E-state index in [1.54, 1.807) is 0 Å².